The van der Waals surface area contributed by atoms with Gasteiger partial charge < -0.3 is 5.43 Å². The molecule has 3 rings (SSSR count). The van der Waals surface area contributed by atoms with Gasteiger partial charge in [0, 0.05) is 9.77 Å². The summed E-state index contributed by atoms with van der Waals surface area (Å²) in [6.07, 6.45) is 0. The average molecular weight is 320 g/mol. The maximum Gasteiger partial charge on any atom is 0.152 e. The number of benzene rings is 1. The molecule has 4 nitrogen and oxygen atoms in total. The van der Waals surface area contributed by atoms with Crippen molar-refractivity contribution in [3.05, 3.63) is 46.9 Å². The number of nitrogens with zero attached hydrogens (tertiary/aromatic N) is 2. The fraction of sp³-hybridized carbons (Fsp3) is 0.143. The molecule has 2 aromatic heterocycles. The number of hydrogen-bond donors (Lipinski definition) is 2. The van der Waals surface area contributed by atoms with Gasteiger partial charge in [-0.15, -0.1) is 23.1 Å². The van der Waals surface area contributed by atoms with Crippen LogP contribution in [0.15, 0.2) is 35.2 Å². The van der Waals surface area contributed by atoms with Crippen LogP contribution in [0, 0.1) is 12.7 Å². The Morgan fingerprint density at radius 3 is 2.76 bits per heavy atom. The van der Waals surface area contributed by atoms with E-state index in [-0.39, 0.29) is 5.82 Å². The number of aryl methyl sites for hydroxylation is 1. The number of hydrazine groups is 1. The highest BCUT2D eigenvalue weighted by atomic mass is 32.2. The van der Waals surface area contributed by atoms with Gasteiger partial charge in [-0.25, -0.2) is 20.2 Å². The second-order valence-corrected chi connectivity index (χ2v) is 6.73. The van der Waals surface area contributed by atoms with Gasteiger partial charge in [-0.2, -0.15) is 0 Å². The number of fused-ring (bicyclic) bond motifs is 1. The van der Waals surface area contributed by atoms with Gasteiger partial charge in [0.1, 0.15) is 16.5 Å². The van der Waals surface area contributed by atoms with Crippen LogP contribution in [0.1, 0.15) is 10.7 Å². The Morgan fingerprint density at radius 2 is 2.05 bits per heavy atom. The predicted octanol–water partition coefficient (Wildman–Crippen LogP) is 3.72. The van der Waals surface area contributed by atoms with Crippen LogP contribution in [0.4, 0.5) is 10.2 Å². The highest BCUT2D eigenvalue weighted by molar-refractivity contribution is 7.98. The first kappa shape index (κ1) is 14.2. The van der Waals surface area contributed by atoms with E-state index < -0.39 is 0 Å². The lowest BCUT2D eigenvalue weighted by molar-refractivity contribution is 0.626. The third-order valence-corrected chi connectivity index (χ3v) is 4.83. The van der Waals surface area contributed by atoms with Gasteiger partial charge in [0.15, 0.2) is 5.82 Å². The summed E-state index contributed by atoms with van der Waals surface area (Å²) in [5, 5.41) is 0.940. The molecule has 0 amide bonds. The van der Waals surface area contributed by atoms with Crippen LogP contribution in [0.5, 0.6) is 0 Å². The number of anilines is 1. The predicted molar refractivity (Wildman–Crippen MR) is 85.9 cm³/mol. The maximum atomic E-state index is 12.9. The Morgan fingerprint density at radius 1 is 1.29 bits per heavy atom. The van der Waals surface area contributed by atoms with Gasteiger partial charge in [0.05, 0.1) is 11.1 Å². The zero-order chi connectivity index (χ0) is 14.8. The number of hydrogen-bond acceptors (Lipinski definition) is 6. The highest BCUT2D eigenvalue weighted by Crippen LogP contribution is 2.29. The fourth-order valence-corrected chi connectivity index (χ4v) is 3.59. The molecule has 3 N–H and O–H groups in total. The molecule has 0 saturated carbocycles. The van der Waals surface area contributed by atoms with Crippen molar-refractivity contribution in [1.29, 1.82) is 0 Å². The van der Waals surface area contributed by atoms with Crippen molar-refractivity contribution in [2.75, 3.05) is 5.43 Å². The van der Waals surface area contributed by atoms with Gasteiger partial charge >= 0.3 is 0 Å². The molecular weight excluding hydrogens is 307 g/mol. The summed E-state index contributed by atoms with van der Waals surface area (Å²) in [6.45, 7) is 2.03. The van der Waals surface area contributed by atoms with Crippen LogP contribution >= 0.6 is 23.1 Å². The molecule has 0 unspecified atom stereocenters. The van der Waals surface area contributed by atoms with E-state index in [1.54, 1.807) is 35.2 Å². The van der Waals surface area contributed by atoms with Crippen molar-refractivity contribution in [1.82, 2.24) is 9.97 Å². The lowest BCUT2D eigenvalue weighted by Crippen LogP contribution is -2.10. The first-order valence-corrected chi connectivity index (χ1v) is 8.08. The van der Waals surface area contributed by atoms with Crippen molar-refractivity contribution in [2.45, 2.75) is 17.6 Å². The number of thiophene rings is 1. The Bertz CT molecular complexity index is 770. The molecule has 7 heteroatoms. The van der Waals surface area contributed by atoms with E-state index in [0.29, 0.717) is 17.4 Å². The molecule has 3 aromatic rings. The third kappa shape index (κ3) is 3.15. The molecule has 0 radical (unpaired) electrons. The molecule has 0 bridgehead atoms. The number of nitrogens with one attached hydrogen (secondary N) is 1. The van der Waals surface area contributed by atoms with Crippen LogP contribution in [0.2, 0.25) is 0 Å². The number of halogens is 1. The van der Waals surface area contributed by atoms with Crippen LogP contribution in [-0.4, -0.2) is 9.97 Å². The molecule has 108 valence electrons. The van der Waals surface area contributed by atoms with E-state index in [2.05, 4.69) is 15.4 Å². The van der Waals surface area contributed by atoms with E-state index in [9.17, 15) is 4.39 Å². The number of rotatable bonds is 4. The fourth-order valence-electron chi connectivity index (χ4n) is 1.94. The topological polar surface area (TPSA) is 63.8 Å². The summed E-state index contributed by atoms with van der Waals surface area (Å²) in [4.78, 5) is 12.0. The zero-order valence-corrected chi connectivity index (χ0v) is 12.9. The summed E-state index contributed by atoms with van der Waals surface area (Å²) in [5.74, 6) is 7.24. The van der Waals surface area contributed by atoms with Crippen molar-refractivity contribution < 1.29 is 4.39 Å². The number of thioether (sulfide) groups is 1. The van der Waals surface area contributed by atoms with Crippen molar-refractivity contribution in [3.63, 3.8) is 0 Å². The summed E-state index contributed by atoms with van der Waals surface area (Å²) < 4.78 is 12.9. The quantitative estimate of drug-likeness (QED) is 0.436. The number of nitrogens with two attached hydrogens (primary N) is 1. The minimum Gasteiger partial charge on any atom is -0.308 e. The van der Waals surface area contributed by atoms with Gasteiger partial charge in [0.2, 0.25) is 0 Å². The van der Waals surface area contributed by atoms with E-state index in [1.807, 2.05) is 13.0 Å². The normalized spacial score (nSPS) is 11.0. The zero-order valence-electron chi connectivity index (χ0n) is 11.3. The smallest absolute Gasteiger partial charge is 0.152 e. The van der Waals surface area contributed by atoms with Gasteiger partial charge in [0.25, 0.3) is 0 Å². The minimum absolute atomic E-state index is 0.235. The molecule has 0 aliphatic heterocycles. The second kappa shape index (κ2) is 5.97. The molecule has 21 heavy (non-hydrogen) atoms. The Kier molecular flexibility index (Phi) is 4.05. The van der Waals surface area contributed by atoms with Crippen molar-refractivity contribution >= 4 is 39.1 Å². The Labute approximate surface area is 129 Å². The van der Waals surface area contributed by atoms with E-state index >= 15 is 0 Å². The monoisotopic (exact) mass is 320 g/mol. The van der Waals surface area contributed by atoms with Crippen LogP contribution < -0.4 is 11.3 Å². The van der Waals surface area contributed by atoms with E-state index in [4.69, 9.17) is 5.84 Å². The average Bonchev–Trinajstić information content (AvgIpc) is 2.86. The largest absolute Gasteiger partial charge is 0.308 e. The summed E-state index contributed by atoms with van der Waals surface area (Å²) in [7, 11) is 0. The molecular formula is C14H13FN4S2. The van der Waals surface area contributed by atoms with Gasteiger partial charge in [-0.05, 0) is 37.3 Å². The van der Waals surface area contributed by atoms with Crippen LogP contribution in [0.25, 0.3) is 10.2 Å². The Hall–Kier alpha value is -1.70. The second-order valence-electron chi connectivity index (χ2n) is 4.45. The standard InChI is InChI=1S/C14H13FN4S2/c1-8-6-11-13(19-16)17-12(18-14(11)21-8)7-20-10-4-2-9(15)3-5-10/h2-6H,7,16H2,1H3,(H,17,18,19). The van der Waals surface area contributed by atoms with Gasteiger partial charge in [-0.3, -0.25) is 0 Å². The molecule has 0 atom stereocenters. The summed E-state index contributed by atoms with van der Waals surface area (Å²) >= 11 is 3.18. The summed E-state index contributed by atoms with van der Waals surface area (Å²) in [5.41, 5.74) is 2.63. The first-order chi connectivity index (χ1) is 10.2. The molecule has 1 aromatic carbocycles. The van der Waals surface area contributed by atoms with E-state index in [1.165, 1.54) is 17.0 Å². The first-order valence-electron chi connectivity index (χ1n) is 6.28. The molecule has 2 heterocycles. The number of nitrogen functional groups attached to an aromatic ring is 1. The maximum absolute atomic E-state index is 12.9. The summed E-state index contributed by atoms with van der Waals surface area (Å²) in [6, 6.07) is 8.40. The number of aromatic nitrogens is 2. The van der Waals surface area contributed by atoms with Crippen LogP contribution in [-0.2, 0) is 5.75 Å². The third-order valence-electron chi connectivity index (χ3n) is 2.88. The molecule has 0 fully saturated rings. The lowest BCUT2D eigenvalue weighted by Gasteiger charge is -2.05. The highest BCUT2D eigenvalue weighted by Gasteiger charge is 2.10. The SMILES string of the molecule is Cc1cc2c(NN)nc(CSc3ccc(F)cc3)nc2s1. The molecule has 0 spiro atoms. The Balaban J connectivity index is 1.84. The van der Waals surface area contributed by atoms with Crippen molar-refractivity contribution in [2.24, 2.45) is 5.84 Å². The molecule has 0 aliphatic rings. The molecule has 0 saturated heterocycles. The van der Waals surface area contributed by atoms with Crippen LogP contribution in [0.3, 0.4) is 0 Å². The minimum atomic E-state index is -0.235. The van der Waals surface area contributed by atoms with E-state index in [0.717, 1.165) is 15.1 Å². The lowest BCUT2D eigenvalue weighted by atomic mass is 10.3. The van der Waals surface area contributed by atoms with Gasteiger partial charge in [-0.1, -0.05) is 0 Å². The molecule has 0 aliphatic carbocycles. The van der Waals surface area contributed by atoms with Crippen molar-refractivity contribution in [3.8, 4) is 0 Å².